The third kappa shape index (κ3) is 2.97. The first-order valence-electron chi connectivity index (χ1n) is 5.30. The topological polar surface area (TPSA) is 82.8 Å². The van der Waals surface area contributed by atoms with Crippen molar-refractivity contribution in [1.82, 2.24) is 0 Å². The first-order chi connectivity index (χ1) is 8.36. The van der Waals surface area contributed by atoms with Crippen LogP contribution in [0.5, 0.6) is 0 Å². The lowest BCUT2D eigenvalue weighted by Crippen LogP contribution is -2.20. The molecule has 98 valence electrons. The predicted octanol–water partition coefficient (Wildman–Crippen LogP) is 1.30. The number of esters is 2. The summed E-state index contributed by atoms with van der Waals surface area (Å²) in [7, 11) is 1.16. The molecule has 0 aliphatic rings. The van der Waals surface area contributed by atoms with Crippen molar-refractivity contribution in [3.8, 4) is 0 Å². The van der Waals surface area contributed by atoms with Gasteiger partial charge in [-0.2, -0.15) is 0 Å². The molecule has 0 aromatic carbocycles. The lowest BCUT2D eigenvalue weighted by molar-refractivity contribution is 0.0363. The SMILES string of the molecule is COC(=O)c1cc(=O)oc(C)c1C(=O)OC(C)C. The molecule has 0 bridgehead atoms. The normalized spacial score (nSPS) is 10.3. The predicted molar refractivity (Wildman–Crippen MR) is 61.6 cm³/mol. The van der Waals surface area contributed by atoms with Crippen molar-refractivity contribution in [3.05, 3.63) is 33.4 Å². The van der Waals surface area contributed by atoms with Gasteiger partial charge in [-0.05, 0) is 20.8 Å². The fourth-order valence-electron chi connectivity index (χ4n) is 1.41. The molecule has 0 saturated carbocycles. The fourth-order valence-corrected chi connectivity index (χ4v) is 1.41. The molecule has 0 saturated heterocycles. The van der Waals surface area contributed by atoms with Crippen molar-refractivity contribution in [2.24, 2.45) is 0 Å². The van der Waals surface area contributed by atoms with Crippen LogP contribution in [0.4, 0.5) is 0 Å². The molecule has 0 radical (unpaired) electrons. The number of hydrogen-bond donors (Lipinski definition) is 0. The van der Waals surface area contributed by atoms with Gasteiger partial charge in [0.1, 0.15) is 11.3 Å². The fraction of sp³-hybridized carbons (Fsp3) is 0.417. The van der Waals surface area contributed by atoms with Gasteiger partial charge in [-0.25, -0.2) is 14.4 Å². The zero-order chi connectivity index (χ0) is 13.9. The van der Waals surface area contributed by atoms with Crippen molar-refractivity contribution >= 4 is 11.9 Å². The van der Waals surface area contributed by atoms with E-state index in [1.807, 2.05) is 0 Å². The molecule has 0 aliphatic carbocycles. The van der Waals surface area contributed by atoms with E-state index in [2.05, 4.69) is 4.74 Å². The Morgan fingerprint density at radius 1 is 1.28 bits per heavy atom. The second-order valence-electron chi connectivity index (χ2n) is 3.86. The van der Waals surface area contributed by atoms with E-state index < -0.39 is 17.6 Å². The van der Waals surface area contributed by atoms with E-state index in [1.165, 1.54) is 6.92 Å². The van der Waals surface area contributed by atoms with E-state index in [1.54, 1.807) is 13.8 Å². The summed E-state index contributed by atoms with van der Waals surface area (Å²) in [5.74, 6) is -1.50. The van der Waals surface area contributed by atoms with E-state index in [-0.39, 0.29) is 23.0 Å². The number of ether oxygens (including phenoxy) is 2. The first-order valence-corrected chi connectivity index (χ1v) is 5.30. The smallest absolute Gasteiger partial charge is 0.342 e. The van der Waals surface area contributed by atoms with Gasteiger partial charge in [0.05, 0.1) is 18.8 Å². The minimum absolute atomic E-state index is 0.0218. The van der Waals surface area contributed by atoms with E-state index in [0.29, 0.717) is 0 Å². The van der Waals surface area contributed by atoms with Gasteiger partial charge < -0.3 is 13.9 Å². The Morgan fingerprint density at radius 2 is 1.89 bits per heavy atom. The molecule has 6 nitrogen and oxygen atoms in total. The van der Waals surface area contributed by atoms with Gasteiger partial charge in [0.25, 0.3) is 0 Å². The number of methoxy groups -OCH3 is 1. The quantitative estimate of drug-likeness (QED) is 0.756. The van der Waals surface area contributed by atoms with Crippen LogP contribution in [0.15, 0.2) is 15.3 Å². The molecule has 0 N–H and O–H groups in total. The van der Waals surface area contributed by atoms with Crippen LogP contribution in [0.2, 0.25) is 0 Å². The second-order valence-corrected chi connectivity index (χ2v) is 3.86. The third-order valence-corrected chi connectivity index (χ3v) is 2.09. The highest BCUT2D eigenvalue weighted by Gasteiger charge is 2.24. The summed E-state index contributed by atoms with van der Waals surface area (Å²) in [6.07, 6.45) is -0.352. The highest BCUT2D eigenvalue weighted by molar-refractivity contribution is 6.03. The van der Waals surface area contributed by atoms with Crippen LogP contribution in [0.25, 0.3) is 0 Å². The number of hydrogen-bond acceptors (Lipinski definition) is 6. The molecule has 18 heavy (non-hydrogen) atoms. The van der Waals surface area contributed by atoms with E-state index in [9.17, 15) is 14.4 Å². The largest absolute Gasteiger partial charge is 0.465 e. The number of aryl methyl sites for hydroxylation is 1. The summed E-state index contributed by atoms with van der Waals surface area (Å²) in [6, 6.07) is 0.912. The van der Waals surface area contributed by atoms with Gasteiger partial charge in [0, 0.05) is 6.07 Å². The summed E-state index contributed by atoms with van der Waals surface area (Å²) in [5.41, 5.74) is -0.971. The Labute approximate surface area is 104 Å². The Bertz CT molecular complexity index is 526. The maximum absolute atomic E-state index is 11.8. The molecule has 0 spiro atoms. The maximum atomic E-state index is 11.8. The lowest BCUT2D eigenvalue weighted by Gasteiger charge is -2.11. The van der Waals surface area contributed by atoms with Gasteiger partial charge in [-0.3, -0.25) is 0 Å². The molecule has 1 rings (SSSR count). The van der Waals surface area contributed by atoms with Crippen molar-refractivity contribution < 1.29 is 23.5 Å². The monoisotopic (exact) mass is 254 g/mol. The van der Waals surface area contributed by atoms with Crippen molar-refractivity contribution in [3.63, 3.8) is 0 Å². The number of carbonyl (C=O) groups is 2. The molecule has 1 heterocycles. The summed E-state index contributed by atoms with van der Waals surface area (Å²) in [5, 5.41) is 0. The molecule has 6 heteroatoms. The Hall–Kier alpha value is -2.11. The van der Waals surface area contributed by atoms with Gasteiger partial charge in [0.15, 0.2) is 0 Å². The second kappa shape index (κ2) is 5.48. The highest BCUT2D eigenvalue weighted by atomic mass is 16.5. The Balaban J connectivity index is 3.36. The van der Waals surface area contributed by atoms with Crippen LogP contribution in [0.3, 0.4) is 0 Å². The Kier molecular flexibility index (Phi) is 4.25. The van der Waals surface area contributed by atoms with Crippen LogP contribution >= 0.6 is 0 Å². The molecule has 1 aromatic rings. The zero-order valence-corrected chi connectivity index (χ0v) is 10.6. The molecule has 0 amide bonds. The van der Waals surface area contributed by atoms with E-state index >= 15 is 0 Å². The van der Waals surface area contributed by atoms with Crippen LogP contribution in [-0.4, -0.2) is 25.2 Å². The van der Waals surface area contributed by atoms with Gasteiger partial charge in [-0.1, -0.05) is 0 Å². The molecule has 0 atom stereocenters. The minimum Gasteiger partial charge on any atom is -0.465 e. The number of carbonyl (C=O) groups excluding carboxylic acids is 2. The van der Waals surface area contributed by atoms with Crippen LogP contribution < -0.4 is 5.63 Å². The van der Waals surface area contributed by atoms with Crippen LogP contribution in [0, 0.1) is 6.92 Å². The summed E-state index contributed by atoms with van der Waals surface area (Å²) >= 11 is 0. The average molecular weight is 254 g/mol. The zero-order valence-electron chi connectivity index (χ0n) is 10.6. The standard InChI is InChI=1S/C12H14O6/c1-6(2)17-12(15)10-7(3)18-9(13)5-8(10)11(14)16-4/h5-6H,1-4H3. The third-order valence-electron chi connectivity index (χ3n) is 2.09. The van der Waals surface area contributed by atoms with Gasteiger partial charge in [-0.15, -0.1) is 0 Å². The molecule has 1 aromatic heterocycles. The molecule has 0 unspecified atom stereocenters. The highest BCUT2D eigenvalue weighted by Crippen LogP contribution is 2.15. The van der Waals surface area contributed by atoms with Gasteiger partial charge >= 0.3 is 17.6 Å². The van der Waals surface area contributed by atoms with Crippen molar-refractivity contribution in [2.45, 2.75) is 26.9 Å². The maximum Gasteiger partial charge on any atom is 0.342 e. The van der Waals surface area contributed by atoms with Crippen molar-refractivity contribution in [1.29, 1.82) is 0 Å². The van der Waals surface area contributed by atoms with Crippen LogP contribution in [0.1, 0.15) is 40.3 Å². The van der Waals surface area contributed by atoms with E-state index in [4.69, 9.17) is 9.15 Å². The molecular weight excluding hydrogens is 240 g/mol. The summed E-state index contributed by atoms with van der Waals surface area (Å²) in [4.78, 5) is 34.6. The minimum atomic E-state index is -0.790. The van der Waals surface area contributed by atoms with Crippen LogP contribution in [-0.2, 0) is 9.47 Å². The molecule has 0 aliphatic heterocycles. The summed E-state index contributed by atoms with van der Waals surface area (Å²) in [6.45, 7) is 4.75. The first kappa shape index (κ1) is 14.0. The lowest BCUT2D eigenvalue weighted by atomic mass is 10.1. The molecular formula is C12H14O6. The van der Waals surface area contributed by atoms with Crippen molar-refractivity contribution in [2.75, 3.05) is 7.11 Å². The van der Waals surface area contributed by atoms with Gasteiger partial charge in [0.2, 0.25) is 0 Å². The summed E-state index contributed by atoms with van der Waals surface area (Å²) < 4.78 is 14.3. The van der Waals surface area contributed by atoms with E-state index in [0.717, 1.165) is 13.2 Å². The number of rotatable bonds is 3. The average Bonchev–Trinajstić information content (AvgIpc) is 2.25. The molecule has 0 fully saturated rings. The Morgan fingerprint density at radius 3 is 2.39 bits per heavy atom.